The topological polar surface area (TPSA) is 93.2 Å². The molecule has 1 saturated carbocycles. The lowest BCUT2D eigenvalue weighted by molar-refractivity contribution is -0.123. The number of nitrogens with zero attached hydrogens (tertiary/aromatic N) is 3. The van der Waals surface area contributed by atoms with E-state index in [1.165, 1.54) is 12.8 Å². The van der Waals surface area contributed by atoms with Crippen LogP contribution in [0, 0.1) is 0 Å². The van der Waals surface area contributed by atoms with E-state index in [0.29, 0.717) is 25.4 Å². The highest BCUT2D eigenvalue weighted by Gasteiger charge is 2.24. The average molecular weight is 347 g/mol. The van der Waals surface area contributed by atoms with E-state index in [2.05, 4.69) is 21.4 Å². The van der Waals surface area contributed by atoms with E-state index >= 15 is 0 Å². The molecule has 2 amide bonds. The molecule has 2 heterocycles. The highest BCUT2D eigenvalue weighted by atomic mass is 16.2. The van der Waals surface area contributed by atoms with Crippen molar-refractivity contribution in [2.75, 3.05) is 6.54 Å². The molecule has 7 nitrogen and oxygen atoms in total. The number of hydrogen-bond acceptors (Lipinski definition) is 4. The minimum Gasteiger partial charge on any atom is -0.368 e. The van der Waals surface area contributed by atoms with Crippen molar-refractivity contribution in [2.45, 2.75) is 77.0 Å². The van der Waals surface area contributed by atoms with Gasteiger partial charge in [-0.05, 0) is 32.3 Å². The van der Waals surface area contributed by atoms with Gasteiger partial charge in [0.25, 0.3) is 0 Å². The van der Waals surface area contributed by atoms with E-state index in [9.17, 15) is 9.59 Å². The lowest BCUT2D eigenvalue weighted by atomic mass is 10.2. The molecule has 25 heavy (non-hydrogen) atoms. The van der Waals surface area contributed by atoms with Crippen LogP contribution in [-0.2, 0) is 29.1 Å². The van der Waals surface area contributed by atoms with Gasteiger partial charge in [0.1, 0.15) is 0 Å². The number of aromatic nitrogens is 2. The zero-order chi connectivity index (χ0) is 17.8. The first-order valence-corrected chi connectivity index (χ1v) is 9.41. The predicted octanol–water partition coefficient (Wildman–Crippen LogP) is 0.954. The maximum Gasteiger partial charge on any atom is 0.234 e. The fourth-order valence-corrected chi connectivity index (χ4v) is 3.79. The number of carbonyl (C=O) groups excluding carboxylic acids is 2. The number of fused-ring (bicyclic) bond motifs is 1. The summed E-state index contributed by atoms with van der Waals surface area (Å²) in [5.41, 5.74) is 7.49. The second-order valence-corrected chi connectivity index (χ2v) is 7.30. The van der Waals surface area contributed by atoms with Crippen LogP contribution >= 0.6 is 0 Å². The van der Waals surface area contributed by atoms with Gasteiger partial charge in [-0.25, -0.2) is 0 Å². The molecule has 1 atom stereocenters. The Hall–Kier alpha value is -1.89. The molecule has 0 spiro atoms. The van der Waals surface area contributed by atoms with Gasteiger partial charge in [-0.2, -0.15) is 5.10 Å². The van der Waals surface area contributed by atoms with Crippen LogP contribution in [0.1, 0.15) is 56.8 Å². The van der Waals surface area contributed by atoms with Gasteiger partial charge in [0.05, 0.1) is 17.4 Å². The Labute approximate surface area is 148 Å². The molecule has 1 fully saturated rings. The van der Waals surface area contributed by atoms with Gasteiger partial charge in [0.15, 0.2) is 0 Å². The van der Waals surface area contributed by atoms with Crippen molar-refractivity contribution in [2.24, 2.45) is 5.73 Å². The molecule has 1 aliphatic carbocycles. The van der Waals surface area contributed by atoms with Crippen molar-refractivity contribution in [3.8, 4) is 0 Å². The van der Waals surface area contributed by atoms with Crippen LogP contribution in [0.15, 0.2) is 6.07 Å². The summed E-state index contributed by atoms with van der Waals surface area (Å²) >= 11 is 0. The third-order valence-corrected chi connectivity index (χ3v) is 5.38. The smallest absolute Gasteiger partial charge is 0.234 e. The Morgan fingerprint density at radius 1 is 1.32 bits per heavy atom. The summed E-state index contributed by atoms with van der Waals surface area (Å²) < 4.78 is 2.01. The number of nitrogens with two attached hydrogens (primary N) is 1. The van der Waals surface area contributed by atoms with E-state index in [1.54, 1.807) is 0 Å². The number of aryl methyl sites for hydroxylation is 2. The minimum absolute atomic E-state index is 0.124. The summed E-state index contributed by atoms with van der Waals surface area (Å²) in [5.74, 6) is -0.171. The van der Waals surface area contributed by atoms with Crippen molar-refractivity contribution in [3.63, 3.8) is 0 Å². The molecule has 3 rings (SSSR count). The normalized spacial score (nSPS) is 20.0. The van der Waals surface area contributed by atoms with Crippen LogP contribution < -0.4 is 11.1 Å². The third kappa shape index (κ3) is 4.60. The molecule has 7 heteroatoms. The summed E-state index contributed by atoms with van der Waals surface area (Å²) in [6.45, 7) is 4.20. The Kier molecular flexibility index (Phi) is 5.73. The molecule has 1 aliphatic heterocycles. The van der Waals surface area contributed by atoms with Gasteiger partial charge < -0.3 is 11.1 Å². The van der Waals surface area contributed by atoms with Crippen molar-refractivity contribution in [1.82, 2.24) is 20.0 Å². The molecule has 1 aromatic rings. The van der Waals surface area contributed by atoms with Crippen LogP contribution in [0.25, 0.3) is 0 Å². The Morgan fingerprint density at radius 2 is 2.08 bits per heavy atom. The van der Waals surface area contributed by atoms with Crippen molar-refractivity contribution >= 4 is 11.8 Å². The maximum atomic E-state index is 12.1. The number of primary amides is 1. The van der Waals surface area contributed by atoms with Crippen LogP contribution in [0.2, 0.25) is 0 Å². The van der Waals surface area contributed by atoms with Crippen molar-refractivity contribution in [3.05, 3.63) is 17.5 Å². The fourth-order valence-electron chi connectivity index (χ4n) is 3.79. The van der Waals surface area contributed by atoms with Crippen LogP contribution in [0.5, 0.6) is 0 Å². The van der Waals surface area contributed by atoms with Crippen LogP contribution in [-0.4, -0.2) is 45.1 Å². The first-order valence-electron chi connectivity index (χ1n) is 9.41. The monoisotopic (exact) mass is 347 g/mol. The molecular weight excluding hydrogens is 318 g/mol. The Morgan fingerprint density at radius 3 is 2.80 bits per heavy atom. The molecule has 138 valence electrons. The van der Waals surface area contributed by atoms with Gasteiger partial charge in [-0.15, -0.1) is 0 Å². The number of nitrogens with one attached hydrogen (secondary N) is 1. The molecule has 2 aliphatic rings. The average Bonchev–Trinajstić information content (AvgIpc) is 3.17. The summed E-state index contributed by atoms with van der Waals surface area (Å²) in [4.78, 5) is 25.6. The lowest BCUT2D eigenvalue weighted by Gasteiger charge is -2.24. The second kappa shape index (κ2) is 7.99. The Balaban J connectivity index is 1.55. The number of amides is 2. The molecule has 0 saturated heterocycles. The molecule has 0 unspecified atom stereocenters. The van der Waals surface area contributed by atoms with E-state index in [4.69, 9.17) is 5.73 Å². The van der Waals surface area contributed by atoms with Gasteiger partial charge in [-0.3, -0.25) is 19.2 Å². The summed E-state index contributed by atoms with van der Waals surface area (Å²) in [7, 11) is 0. The van der Waals surface area contributed by atoms with Gasteiger partial charge in [-0.1, -0.05) is 12.8 Å². The SMILES string of the molecule is C[C@H](C(N)=O)N1CCCn2nc(CCC(=O)NC3CCCC3)cc2C1. The highest BCUT2D eigenvalue weighted by molar-refractivity contribution is 5.79. The zero-order valence-electron chi connectivity index (χ0n) is 15.0. The first-order chi connectivity index (χ1) is 12.0. The first kappa shape index (κ1) is 17.9. The predicted molar refractivity (Wildman–Crippen MR) is 94.6 cm³/mol. The lowest BCUT2D eigenvalue weighted by Crippen LogP contribution is -2.42. The molecule has 0 bridgehead atoms. The molecule has 0 aromatic carbocycles. The number of hydrogen-bond donors (Lipinski definition) is 2. The van der Waals surface area contributed by atoms with E-state index < -0.39 is 0 Å². The van der Waals surface area contributed by atoms with Gasteiger partial charge in [0.2, 0.25) is 11.8 Å². The van der Waals surface area contributed by atoms with Crippen LogP contribution in [0.4, 0.5) is 0 Å². The number of rotatable bonds is 6. The van der Waals surface area contributed by atoms with Crippen LogP contribution in [0.3, 0.4) is 0 Å². The minimum atomic E-state index is -0.295. The highest BCUT2D eigenvalue weighted by Crippen LogP contribution is 2.19. The summed E-state index contributed by atoms with van der Waals surface area (Å²) in [5, 5.41) is 7.77. The fraction of sp³-hybridized carbons (Fsp3) is 0.722. The van der Waals surface area contributed by atoms with Gasteiger partial charge in [0, 0.05) is 38.5 Å². The molecule has 1 aromatic heterocycles. The zero-order valence-corrected chi connectivity index (χ0v) is 15.0. The molecule has 3 N–H and O–H groups in total. The quantitative estimate of drug-likeness (QED) is 0.801. The summed E-state index contributed by atoms with van der Waals surface area (Å²) in [6.07, 6.45) is 6.74. The third-order valence-electron chi connectivity index (χ3n) is 5.38. The van der Waals surface area contributed by atoms with Crippen molar-refractivity contribution < 1.29 is 9.59 Å². The standard InChI is InChI=1S/C18H29N5O2/c1-13(18(19)25)22-9-4-10-23-16(12-22)11-15(21-23)7-8-17(24)20-14-5-2-3-6-14/h11,13-14H,2-10,12H2,1H3,(H2,19,25)(H,20,24)/t13-/m1/s1. The summed E-state index contributed by atoms with van der Waals surface area (Å²) in [6, 6.07) is 2.16. The van der Waals surface area contributed by atoms with Crippen molar-refractivity contribution in [1.29, 1.82) is 0 Å². The maximum absolute atomic E-state index is 12.1. The van der Waals surface area contributed by atoms with Gasteiger partial charge >= 0.3 is 0 Å². The molecular formula is C18H29N5O2. The number of carbonyl (C=O) groups is 2. The Bertz CT molecular complexity index is 621. The van der Waals surface area contributed by atoms with E-state index in [-0.39, 0.29) is 17.9 Å². The van der Waals surface area contributed by atoms with E-state index in [0.717, 1.165) is 43.7 Å². The van der Waals surface area contributed by atoms with E-state index in [1.807, 2.05) is 11.6 Å². The molecule has 0 radical (unpaired) electrons. The second-order valence-electron chi connectivity index (χ2n) is 7.30. The largest absolute Gasteiger partial charge is 0.368 e.